The van der Waals surface area contributed by atoms with Crippen molar-refractivity contribution in [1.82, 2.24) is 24.6 Å². The molecule has 0 bridgehead atoms. The molecule has 32 heavy (non-hydrogen) atoms. The van der Waals surface area contributed by atoms with Crippen LogP contribution in [0.5, 0.6) is 5.88 Å². The lowest BCUT2D eigenvalue weighted by molar-refractivity contribution is 0.0320. The number of hydrogen-bond donors (Lipinski definition) is 0. The molecule has 0 unspecified atom stereocenters. The van der Waals surface area contributed by atoms with E-state index in [9.17, 15) is 0 Å². The first-order valence-electron chi connectivity index (χ1n) is 10.8. The van der Waals surface area contributed by atoms with Gasteiger partial charge in [-0.05, 0) is 6.07 Å². The minimum atomic E-state index is 0.541. The van der Waals surface area contributed by atoms with Gasteiger partial charge in [0.25, 0.3) is 0 Å². The highest BCUT2D eigenvalue weighted by atomic mass is 16.5. The molecule has 0 amide bonds. The van der Waals surface area contributed by atoms with Gasteiger partial charge in [-0.25, -0.2) is 14.6 Å². The fraction of sp³-hybridized carbons (Fsp3) is 0.240. The quantitative estimate of drug-likeness (QED) is 0.448. The minimum absolute atomic E-state index is 0.541. The highest BCUT2D eigenvalue weighted by Crippen LogP contribution is 2.28. The molecule has 162 valence electrons. The second-order valence-electron chi connectivity index (χ2n) is 7.58. The van der Waals surface area contributed by atoms with Gasteiger partial charge in [0.2, 0.25) is 5.88 Å². The van der Waals surface area contributed by atoms with Gasteiger partial charge in [0.05, 0.1) is 24.6 Å². The van der Waals surface area contributed by atoms with Crippen molar-refractivity contribution in [1.29, 1.82) is 0 Å². The van der Waals surface area contributed by atoms with Crippen LogP contribution < -0.4 is 4.74 Å². The molecule has 0 atom stereocenters. The lowest BCUT2D eigenvalue weighted by atomic mass is 10.1. The first-order chi connectivity index (χ1) is 15.9. The van der Waals surface area contributed by atoms with E-state index in [1.807, 2.05) is 47.1 Å². The largest absolute Gasteiger partial charge is 0.476 e. The second kappa shape index (κ2) is 9.72. The number of morpholine rings is 1. The minimum Gasteiger partial charge on any atom is -0.476 e. The molecule has 7 heteroatoms. The number of ether oxygens (including phenoxy) is 2. The van der Waals surface area contributed by atoms with Crippen LogP contribution in [0.15, 0.2) is 79.1 Å². The molecule has 1 saturated heterocycles. The number of hydrogen-bond acceptors (Lipinski definition) is 6. The molecule has 2 aromatic heterocycles. The molecule has 5 rings (SSSR count). The van der Waals surface area contributed by atoms with E-state index in [2.05, 4.69) is 45.2 Å². The topological polar surface area (TPSA) is 65.3 Å². The van der Waals surface area contributed by atoms with Crippen molar-refractivity contribution in [2.75, 3.05) is 39.5 Å². The Kier molecular flexibility index (Phi) is 6.18. The zero-order valence-electron chi connectivity index (χ0n) is 17.8. The molecular formula is C25H25N5O2. The van der Waals surface area contributed by atoms with Crippen LogP contribution in [0, 0.1) is 0 Å². The summed E-state index contributed by atoms with van der Waals surface area (Å²) < 4.78 is 13.2. The highest BCUT2D eigenvalue weighted by molar-refractivity contribution is 5.70. The molecule has 1 fully saturated rings. The normalized spacial score (nSPS) is 14.4. The molecule has 7 nitrogen and oxygen atoms in total. The first-order valence-corrected chi connectivity index (χ1v) is 10.8. The van der Waals surface area contributed by atoms with E-state index in [0.29, 0.717) is 18.3 Å². The van der Waals surface area contributed by atoms with Crippen LogP contribution in [0.25, 0.3) is 28.3 Å². The Bertz CT molecular complexity index is 1140. The third kappa shape index (κ3) is 4.69. The van der Waals surface area contributed by atoms with Crippen LogP contribution in [0.4, 0.5) is 0 Å². The molecule has 1 aliphatic heterocycles. The van der Waals surface area contributed by atoms with Crippen LogP contribution in [-0.4, -0.2) is 64.1 Å². The lowest BCUT2D eigenvalue weighted by Crippen LogP contribution is -2.38. The van der Waals surface area contributed by atoms with Crippen molar-refractivity contribution in [2.45, 2.75) is 0 Å². The van der Waals surface area contributed by atoms with Gasteiger partial charge >= 0.3 is 0 Å². The van der Waals surface area contributed by atoms with Gasteiger partial charge in [-0.3, -0.25) is 4.90 Å². The Hall–Kier alpha value is -3.55. The van der Waals surface area contributed by atoms with Gasteiger partial charge in [0.1, 0.15) is 12.9 Å². The number of nitrogens with zero attached hydrogens (tertiary/aromatic N) is 5. The summed E-state index contributed by atoms with van der Waals surface area (Å²) in [4.78, 5) is 11.1. The van der Waals surface area contributed by atoms with E-state index in [0.717, 1.165) is 55.4 Å². The monoisotopic (exact) mass is 427 g/mol. The standard InChI is InChI=1S/C25H25N5O2/c1-3-7-20(8-4-1)22-17-23(21-9-5-2-6-10-21)30(28-22)24-18-25(27-19-26-24)32-16-13-29-11-14-31-15-12-29/h1-10,17-19H,11-16H2. The van der Waals surface area contributed by atoms with Gasteiger partial charge < -0.3 is 9.47 Å². The summed E-state index contributed by atoms with van der Waals surface area (Å²) >= 11 is 0. The fourth-order valence-corrected chi connectivity index (χ4v) is 3.75. The van der Waals surface area contributed by atoms with E-state index in [-0.39, 0.29) is 0 Å². The molecule has 3 heterocycles. The molecular weight excluding hydrogens is 402 g/mol. The SMILES string of the molecule is c1ccc(-c2cc(-c3ccccc3)n(-c3cc(OCCN4CCOCC4)ncn3)n2)cc1. The Balaban J connectivity index is 1.42. The molecule has 0 saturated carbocycles. The Morgan fingerprint density at radius 2 is 1.56 bits per heavy atom. The molecule has 1 aliphatic rings. The Morgan fingerprint density at radius 1 is 0.844 bits per heavy atom. The maximum absolute atomic E-state index is 5.93. The Labute approximate surface area is 187 Å². The van der Waals surface area contributed by atoms with Crippen LogP contribution in [-0.2, 0) is 4.74 Å². The molecule has 0 radical (unpaired) electrons. The maximum Gasteiger partial charge on any atom is 0.218 e. The summed E-state index contributed by atoms with van der Waals surface area (Å²) in [5.74, 6) is 1.21. The molecule has 0 spiro atoms. The Morgan fingerprint density at radius 3 is 2.31 bits per heavy atom. The van der Waals surface area contributed by atoms with Crippen molar-refractivity contribution < 1.29 is 9.47 Å². The molecule has 2 aromatic carbocycles. The van der Waals surface area contributed by atoms with Crippen LogP contribution in [0.1, 0.15) is 0 Å². The predicted octanol–water partition coefficient (Wildman–Crippen LogP) is 3.71. The summed E-state index contributed by atoms with van der Waals surface area (Å²) in [6.07, 6.45) is 1.53. The third-order valence-electron chi connectivity index (χ3n) is 5.45. The van der Waals surface area contributed by atoms with Gasteiger partial charge in [-0.15, -0.1) is 0 Å². The van der Waals surface area contributed by atoms with Crippen molar-refractivity contribution in [3.8, 4) is 34.2 Å². The average Bonchev–Trinajstić information content (AvgIpc) is 3.32. The first kappa shape index (κ1) is 20.4. The van der Waals surface area contributed by atoms with Gasteiger partial charge in [-0.1, -0.05) is 60.7 Å². The summed E-state index contributed by atoms with van der Waals surface area (Å²) in [5, 5.41) is 4.87. The summed E-state index contributed by atoms with van der Waals surface area (Å²) in [7, 11) is 0. The van der Waals surface area contributed by atoms with E-state index >= 15 is 0 Å². The number of rotatable bonds is 7. The van der Waals surface area contributed by atoms with E-state index in [1.165, 1.54) is 6.33 Å². The fourth-order valence-electron chi connectivity index (χ4n) is 3.75. The smallest absolute Gasteiger partial charge is 0.218 e. The maximum atomic E-state index is 5.93. The number of benzene rings is 2. The van der Waals surface area contributed by atoms with Crippen LogP contribution >= 0.6 is 0 Å². The zero-order valence-corrected chi connectivity index (χ0v) is 17.8. The van der Waals surface area contributed by atoms with Crippen molar-refractivity contribution in [3.63, 3.8) is 0 Å². The molecule has 4 aromatic rings. The van der Waals surface area contributed by atoms with Gasteiger partial charge in [0.15, 0.2) is 5.82 Å². The summed E-state index contributed by atoms with van der Waals surface area (Å²) in [6.45, 7) is 4.85. The van der Waals surface area contributed by atoms with Gasteiger partial charge in [-0.2, -0.15) is 5.10 Å². The summed E-state index contributed by atoms with van der Waals surface area (Å²) in [6, 6.07) is 24.3. The van der Waals surface area contributed by atoms with Crippen molar-refractivity contribution in [2.24, 2.45) is 0 Å². The van der Waals surface area contributed by atoms with Gasteiger partial charge in [0, 0.05) is 36.8 Å². The second-order valence-corrected chi connectivity index (χ2v) is 7.58. The van der Waals surface area contributed by atoms with Crippen LogP contribution in [0.2, 0.25) is 0 Å². The third-order valence-corrected chi connectivity index (χ3v) is 5.45. The zero-order chi connectivity index (χ0) is 21.6. The molecule has 0 N–H and O–H groups in total. The number of aromatic nitrogens is 4. The highest BCUT2D eigenvalue weighted by Gasteiger charge is 2.15. The predicted molar refractivity (Wildman–Crippen MR) is 123 cm³/mol. The lowest BCUT2D eigenvalue weighted by Gasteiger charge is -2.26. The van der Waals surface area contributed by atoms with E-state index in [4.69, 9.17) is 14.6 Å². The average molecular weight is 428 g/mol. The van der Waals surface area contributed by atoms with Crippen molar-refractivity contribution in [3.05, 3.63) is 79.1 Å². The summed E-state index contributed by atoms with van der Waals surface area (Å²) in [5.41, 5.74) is 3.97. The van der Waals surface area contributed by atoms with Crippen molar-refractivity contribution >= 4 is 0 Å². The van der Waals surface area contributed by atoms with Crippen LogP contribution in [0.3, 0.4) is 0 Å². The van der Waals surface area contributed by atoms with E-state index in [1.54, 1.807) is 0 Å². The van der Waals surface area contributed by atoms with E-state index < -0.39 is 0 Å². The molecule has 0 aliphatic carbocycles.